The van der Waals surface area contributed by atoms with E-state index in [1.54, 1.807) is 6.92 Å². The van der Waals surface area contributed by atoms with Crippen molar-refractivity contribution in [2.45, 2.75) is 33.8 Å². The van der Waals surface area contributed by atoms with Crippen LogP contribution in [-0.2, 0) is 14.3 Å². The Labute approximate surface area is 127 Å². The molecule has 1 aromatic rings. The minimum Gasteiger partial charge on any atom is -0.485 e. The zero-order chi connectivity index (χ0) is 15.7. The van der Waals surface area contributed by atoms with Crippen LogP contribution in [-0.4, -0.2) is 18.7 Å². The number of benzene rings is 1. The van der Waals surface area contributed by atoms with Crippen molar-refractivity contribution in [1.82, 2.24) is 0 Å². The molecule has 0 N–H and O–H groups in total. The third-order valence-electron chi connectivity index (χ3n) is 2.61. The molecule has 3 heteroatoms. The molecule has 0 fully saturated rings. The van der Waals surface area contributed by atoms with Gasteiger partial charge in [0, 0.05) is 11.0 Å². The minimum absolute atomic E-state index is 0.166. The van der Waals surface area contributed by atoms with Crippen molar-refractivity contribution < 1.29 is 14.3 Å². The minimum atomic E-state index is -0.416. The molecule has 0 bridgehead atoms. The molecule has 0 saturated carbocycles. The van der Waals surface area contributed by atoms with Gasteiger partial charge in [0.25, 0.3) is 0 Å². The van der Waals surface area contributed by atoms with Crippen LogP contribution >= 0.6 is 0 Å². The van der Waals surface area contributed by atoms with E-state index in [9.17, 15) is 4.79 Å². The van der Waals surface area contributed by atoms with Crippen molar-refractivity contribution in [3.05, 3.63) is 48.2 Å². The van der Waals surface area contributed by atoms with Gasteiger partial charge in [0.05, 0.1) is 18.9 Å². The molecule has 3 nitrogen and oxygen atoms in total. The van der Waals surface area contributed by atoms with Gasteiger partial charge in [-0.25, -0.2) is 4.79 Å². The zero-order valence-electron chi connectivity index (χ0n) is 13.1. The molecule has 0 amide bonds. The Bertz CT molecular complexity index is 527. The monoisotopic (exact) mass is 286 g/mol. The van der Waals surface area contributed by atoms with Crippen LogP contribution in [0.3, 0.4) is 0 Å². The second-order valence-corrected chi connectivity index (χ2v) is 5.57. The summed E-state index contributed by atoms with van der Waals surface area (Å²) in [5.74, 6) is 5.78. The van der Waals surface area contributed by atoms with Gasteiger partial charge >= 0.3 is 5.97 Å². The van der Waals surface area contributed by atoms with E-state index in [1.807, 2.05) is 51.1 Å². The van der Waals surface area contributed by atoms with Gasteiger partial charge in [-0.05, 0) is 19.1 Å². The van der Waals surface area contributed by atoms with Crippen LogP contribution in [0, 0.1) is 17.3 Å². The number of hydrogen-bond acceptors (Lipinski definition) is 3. The van der Waals surface area contributed by atoms with Crippen LogP contribution in [0.15, 0.2) is 42.7 Å². The fraction of sp³-hybridized carbons (Fsp3) is 0.389. The van der Waals surface area contributed by atoms with E-state index < -0.39 is 5.97 Å². The number of rotatable bonds is 4. The Morgan fingerprint density at radius 2 is 1.95 bits per heavy atom. The van der Waals surface area contributed by atoms with Crippen LogP contribution in [0.25, 0.3) is 0 Å². The quantitative estimate of drug-likeness (QED) is 0.367. The molecule has 21 heavy (non-hydrogen) atoms. The highest BCUT2D eigenvalue weighted by molar-refractivity contribution is 5.81. The summed E-state index contributed by atoms with van der Waals surface area (Å²) in [6.45, 7) is 8.22. The summed E-state index contributed by atoms with van der Waals surface area (Å²) >= 11 is 0. The molecule has 0 heterocycles. The Morgan fingerprint density at radius 3 is 2.52 bits per heavy atom. The first-order valence-corrected chi connectivity index (χ1v) is 6.99. The maximum absolute atomic E-state index is 11.2. The molecule has 1 unspecified atom stereocenters. The lowest BCUT2D eigenvalue weighted by Gasteiger charge is -2.25. The third-order valence-corrected chi connectivity index (χ3v) is 2.61. The summed E-state index contributed by atoms with van der Waals surface area (Å²) in [5.41, 5.74) is 0.769. The predicted octanol–water partition coefficient (Wildman–Crippen LogP) is 3.55. The third kappa shape index (κ3) is 6.67. The molecular weight excluding hydrogens is 264 g/mol. The van der Waals surface area contributed by atoms with Crippen LogP contribution < -0.4 is 0 Å². The fourth-order valence-corrected chi connectivity index (χ4v) is 1.49. The number of carbonyl (C=O) groups is 1. The molecule has 0 spiro atoms. The van der Waals surface area contributed by atoms with Crippen LogP contribution in [0.2, 0.25) is 0 Å². The number of hydrogen-bond donors (Lipinski definition) is 0. The van der Waals surface area contributed by atoms with Gasteiger partial charge in [-0.1, -0.05) is 50.8 Å². The molecule has 1 aromatic carbocycles. The zero-order valence-corrected chi connectivity index (χ0v) is 13.1. The summed E-state index contributed by atoms with van der Waals surface area (Å²) in [6, 6.07) is 9.72. The number of carbonyl (C=O) groups excluding carboxylic acids is 1. The second-order valence-electron chi connectivity index (χ2n) is 5.57. The lowest BCUT2D eigenvalue weighted by molar-refractivity contribution is -0.137. The molecular formula is C18H22O3. The first-order valence-electron chi connectivity index (χ1n) is 6.99. The lowest BCUT2D eigenvalue weighted by Crippen LogP contribution is -2.26. The number of esters is 1. The average Bonchev–Trinajstić information content (AvgIpc) is 2.42. The molecule has 0 saturated heterocycles. The largest absolute Gasteiger partial charge is 0.485 e. The Morgan fingerprint density at radius 1 is 1.29 bits per heavy atom. The maximum Gasteiger partial charge on any atom is 0.333 e. The van der Waals surface area contributed by atoms with E-state index in [0.29, 0.717) is 6.61 Å². The van der Waals surface area contributed by atoms with Gasteiger partial charge < -0.3 is 9.47 Å². The van der Waals surface area contributed by atoms with Crippen LogP contribution in [0.1, 0.15) is 33.3 Å². The standard InChI is InChI=1S/C18H22O3/c1-5-20-17(19)13-14-21-16(18(2,3)4)12-11-15-9-7-6-8-10-15/h6-10,13-14,16H,5H2,1-4H3/b14-13+. The average molecular weight is 286 g/mol. The molecule has 0 aromatic heterocycles. The Balaban J connectivity index is 2.75. The first kappa shape index (κ1) is 16.8. The Hall–Kier alpha value is -2.21. The maximum atomic E-state index is 11.2. The Kier molecular flexibility index (Phi) is 6.55. The van der Waals surface area contributed by atoms with Gasteiger partial charge in [-0.15, -0.1) is 0 Å². The summed E-state index contributed by atoms with van der Waals surface area (Å²) in [4.78, 5) is 11.2. The summed E-state index contributed by atoms with van der Waals surface area (Å²) in [6.07, 6.45) is 2.31. The van der Waals surface area contributed by atoms with Gasteiger partial charge in [-0.3, -0.25) is 0 Å². The van der Waals surface area contributed by atoms with E-state index in [0.717, 1.165) is 5.56 Å². The van der Waals surface area contributed by atoms with Crippen LogP contribution in [0.5, 0.6) is 0 Å². The highest BCUT2D eigenvalue weighted by atomic mass is 16.5. The van der Waals surface area contributed by atoms with Crippen molar-refractivity contribution in [3.63, 3.8) is 0 Å². The molecule has 0 aliphatic rings. The van der Waals surface area contributed by atoms with Crippen molar-refractivity contribution in [3.8, 4) is 11.8 Å². The lowest BCUT2D eigenvalue weighted by atomic mass is 9.89. The van der Waals surface area contributed by atoms with E-state index in [4.69, 9.17) is 9.47 Å². The summed E-state index contributed by atoms with van der Waals surface area (Å²) in [7, 11) is 0. The highest BCUT2D eigenvalue weighted by Gasteiger charge is 2.23. The summed E-state index contributed by atoms with van der Waals surface area (Å²) in [5, 5.41) is 0. The van der Waals surface area contributed by atoms with Crippen molar-refractivity contribution in [2.75, 3.05) is 6.61 Å². The van der Waals surface area contributed by atoms with Crippen LogP contribution in [0.4, 0.5) is 0 Å². The molecule has 1 rings (SSSR count). The van der Waals surface area contributed by atoms with E-state index >= 15 is 0 Å². The fourth-order valence-electron chi connectivity index (χ4n) is 1.49. The predicted molar refractivity (Wildman–Crippen MR) is 83.4 cm³/mol. The summed E-state index contributed by atoms with van der Waals surface area (Å²) < 4.78 is 10.4. The van der Waals surface area contributed by atoms with E-state index in [-0.39, 0.29) is 11.5 Å². The number of ether oxygens (including phenoxy) is 2. The van der Waals surface area contributed by atoms with Crippen molar-refractivity contribution in [2.24, 2.45) is 5.41 Å². The van der Waals surface area contributed by atoms with Gasteiger partial charge in [0.15, 0.2) is 6.10 Å². The highest BCUT2D eigenvalue weighted by Crippen LogP contribution is 2.22. The van der Waals surface area contributed by atoms with Gasteiger partial charge in [0.1, 0.15) is 0 Å². The molecule has 0 aliphatic heterocycles. The van der Waals surface area contributed by atoms with E-state index in [1.165, 1.54) is 12.3 Å². The van der Waals surface area contributed by atoms with Gasteiger partial charge in [0.2, 0.25) is 0 Å². The first-order chi connectivity index (χ1) is 9.93. The molecule has 0 aliphatic carbocycles. The van der Waals surface area contributed by atoms with Crippen molar-refractivity contribution >= 4 is 5.97 Å². The second kappa shape index (κ2) is 8.16. The molecule has 0 radical (unpaired) electrons. The topological polar surface area (TPSA) is 35.5 Å². The molecule has 112 valence electrons. The van der Waals surface area contributed by atoms with E-state index in [2.05, 4.69) is 11.8 Å². The normalized spacial score (nSPS) is 12.4. The SMILES string of the molecule is CCOC(=O)/C=C/OC(C#Cc1ccccc1)C(C)(C)C. The van der Waals surface area contributed by atoms with Crippen molar-refractivity contribution in [1.29, 1.82) is 0 Å². The smallest absolute Gasteiger partial charge is 0.333 e. The van der Waals surface area contributed by atoms with Gasteiger partial charge in [-0.2, -0.15) is 0 Å². The molecule has 1 atom stereocenters.